The lowest BCUT2D eigenvalue weighted by atomic mass is 9.94. The van der Waals surface area contributed by atoms with Gasteiger partial charge in [-0.15, -0.1) is 0 Å². The molecule has 136 valence electrons. The number of Topliss-reactive ketones (excluding diaryl/α,β-unsaturated/α-hetero) is 1. The van der Waals surface area contributed by atoms with Crippen LogP contribution in [0.2, 0.25) is 0 Å². The second kappa shape index (κ2) is 6.20. The Hall–Kier alpha value is -2.31. The van der Waals surface area contributed by atoms with Gasteiger partial charge in [0.25, 0.3) is 5.91 Å². The molecule has 0 spiro atoms. The Balaban J connectivity index is 1.58. The average molecular weight is 348 g/mol. The molecule has 3 rings (SSSR count). The predicted octanol–water partition coefficient (Wildman–Crippen LogP) is 2.46. The molecule has 2 heterocycles. The number of nitrogens with zero attached hydrogens (tertiary/aromatic N) is 1. The SMILES string of the molecule is Cc1c(C(=O)NC2CN(C(=O)OC(C)(C)C)C2)oc2c1C(=O)CCC2. The van der Waals surface area contributed by atoms with Gasteiger partial charge in [0, 0.05) is 31.5 Å². The van der Waals surface area contributed by atoms with Crippen LogP contribution in [0.25, 0.3) is 0 Å². The van der Waals surface area contributed by atoms with E-state index >= 15 is 0 Å². The normalized spacial score (nSPS) is 17.8. The Morgan fingerprint density at radius 2 is 1.92 bits per heavy atom. The van der Waals surface area contributed by atoms with Crippen LogP contribution in [0, 0.1) is 6.92 Å². The maximum Gasteiger partial charge on any atom is 0.410 e. The van der Waals surface area contributed by atoms with Crippen LogP contribution < -0.4 is 5.32 Å². The molecule has 2 amide bonds. The highest BCUT2D eigenvalue weighted by molar-refractivity contribution is 6.03. The number of likely N-dealkylation sites (tertiary alicyclic amines) is 1. The summed E-state index contributed by atoms with van der Waals surface area (Å²) < 4.78 is 10.9. The molecule has 1 saturated heterocycles. The summed E-state index contributed by atoms with van der Waals surface area (Å²) in [5.74, 6) is 0.522. The Morgan fingerprint density at radius 1 is 1.24 bits per heavy atom. The van der Waals surface area contributed by atoms with E-state index in [-0.39, 0.29) is 29.6 Å². The number of ether oxygens (including phenoxy) is 1. The van der Waals surface area contributed by atoms with E-state index in [0.717, 1.165) is 6.42 Å². The number of hydrogen-bond donors (Lipinski definition) is 1. The Bertz CT molecular complexity index is 723. The first kappa shape index (κ1) is 17.5. The predicted molar refractivity (Wildman–Crippen MR) is 89.8 cm³/mol. The minimum Gasteiger partial charge on any atom is -0.455 e. The molecule has 7 nitrogen and oxygen atoms in total. The van der Waals surface area contributed by atoms with Gasteiger partial charge in [-0.05, 0) is 34.1 Å². The van der Waals surface area contributed by atoms with Crippen LogP contribution in [0.5, 0.6) is 0 Å². The van der Waals surface area contributed by atoms with Crippen LogP contribution in [0.15, 0.2) is 4.42 Å². The van der Waals surface area contributed by atoms with Gasteiger partial charge in [0.2, 0.25) is 0 Å². The fraction of sp³-hybridized carbons (Fsp3) is 0.611. The summed E-state index contributed by atoms with van der Waals surface area (Å²) in [6.45, 7) is 7.98. The summed E-state index contributed by atoms with van der Waals surface area (Å²) in [7, 11) is 0. The van der Waals surface area contributed by atoms with Crippen molar-refractivity contribution in [3.8, 4) is 0 Å². The van der Waals surface area contributed by atoms with Gasteiger partial charge >= 0.3 is 6.09 Å². The second-order valence-electron chi connectivity index (χ2n) is 7.69. The minimum atomic E-state index is -0.539. The molecule has 1 aliphatic carbocycles. The highest BCUT2D eigenvalue weighted by Crippen LogP contribution is 2.29. The fourth-order valence-corrected chi connectivity index (χ4v) is 3.16. The Labute approximate surface area is 146 Å². The number of fused-ring (bicyclic) bond motifs is 1. The third-order valence-electron chi connectivity index (χ3n) is 4.38. The van der Waals surface area contributed by atoms with E-state index in [4.69, 9.17) is 9.15 Å². The topological polar surface area (TPSA) is 88.8 Å². The third-order valence-corrected chi connectivity index (χ3v) is 4.38. The molecule has 0 aromatic carbocycles. The molecule has 1 N–H and O–H groups in total. The number of furan rings is 1. The van der Waals surface area contributed by atoms with Gasteiger partial charge in [0.15, 0.2) is 11.5 Å². The van der Waals surface area contributed by atoms with Gasteiger partial charge in [0.1, 0.15) is 11.4 Å². The van der Waals surface area contributed by atoms with Crippen molar-refractivity contribution in [2.75, 3.05) is 13.1 Å². The van der Waals surface area contributed by atoms with Crippen LogP contribution in [0.1, 0.15) is 65.8 Å². The van der Waals surface area contributed by atoms with Crippen molar-refractivity contribution in [1.82, 2.24) is 10.2 Å². The van der Waals surface area contributed by atoms with Crippen molar-refractivity contribution in [3.05, 3.63) is 22.6 Å². The van der Waals surface area contributed by atoms with E-state index in [0.29, 0.717) is 42.8 Å². The molecular weight excluding hydrogens is 324 g/mol. The van der Waals surface area contributed by atoms with E-state index in [1.54, 1.807) is 11.8 Å². The van der Waals surface area contributed by atoms with Gasteiger partial charge in [-0.1, -0.05) is 0 Å². The number of hydrogen-bond acceptors (Lipinski definition) is 5. The number of amides is 2. The molecule has 25 heavy (non-hydrogen) atoms. The van der Waals surface area contributed by atoms with Crippen LogP contribution in [0.3, 0.4) is 0 Å². The number of carbonyl (C=O) groups excluding carboxylic acids is 3. The van der Waals surface area contributed by atoms with E-state index in [1.165, 1.54) is 0 Å². The fourth-order valence-electron chi connectivity index (χ4n) is 3.16. The molecule has 1 fully saturated rings. The van der Waals surface area contributed by atoms with Gasteiger partial charge in [-0.25, -0.2) is 4.79 Å². The van der Waals surface area contributed by atoms with Crippen LogP contribution in [-0.4, -0.2) is 47.4 Å². The van der Waals surface area contributed by atoms with Crippen LogP contribution in [0.4, 0.5) is 4.79 Å². The molecule has 1 aliphatic heterocycles. The van der Waals surface area contributed by atoms with Gasteiger partial charge in [-0.2, -0.15) is 0 Å². The molecule has 1 aromatic heterocycles. The average Bonchev–Trinajstić information content (AvgIpc) is 2.78. The first-order valence-corrected chi connectivity index (χ1v) is 8.60. The molecule has 0 atom stereocenters. The van der Waals surface area contributed by atoms with E-state index in [9.17, 15) is 14.4 Å². The minimum absolute atomic E-state index is 0.0429. The highest BCUT2D eigenvalue weighted by atomic mass is 16.6. The van der Waals surface area contributed by atoms with E-state index < -0.39 is 5.60 Å². The largest absolute Gasteiger partial charge is 0.455 e. The maximum atomic E-state index is 12.4. The Morgan fingerprint density at radius 3 is 2.52 bits per heavy atom. The summed E-state index contributed by atoms with van der Waals surface area (Å²) >= 11 is 0. The first-order chi connectivity index (χ1) is 11.7. The molecular formula is C18H24N2O5. The van der Waals surface area contributed by atoms with Gasteiger partial charge in [-0.3, -0.25) is 9.59 Å². The zero-order chi connectivity index (χ0) is 18.4. The zero-order valence-corrected chi connectivity index (χ0v) is 15.1. The molecule has 0 unspecified atom stereocenters. The van der Waals surface area contributed by atoms with Crippen LogP contribution in [-0.2, 0) is 11.2 Å². The number of nitrogens with one attached hydrogen (secondary N) is 1. The Kier molecular flexibility index (Phi) is 4.34. The van der Waals surface area contributed by atoms with Crippen molar-refractivity contribution in [2.45, 2.75) is 58.6 Å². The molecule has 7 heteroatoms. The van der Waals surface area contributed by atoms with Crippen molar-refractivity contribution >= 4 is 17.8 Å². The zero-order valence-electron chi connectivity index (χ0n) is 15.1. The summed E-state index contributed by atoms with van der Waals surface area (Å²) in [6, 6.07) is -0.141. The van der Waals surface area contributed by atoms with E-state index in [2.05, 4.69) is 5.32 Å². The number of carbonyl (C=O) groups is 3. The molecule has 0 saturated carbocycles. The number of aryl methyl sites for hydroxylation is 1. The van der Waals surface area contributed by atoms with Gasteiger partial charge < -0.3 is 19.4 Å². The van der Waals surface area contributed by atoms with Gasteiger partial charge in [0.05, 0.1) is 11.6 Å². The standard InChI is InChI=1S/C18H24N2O5/c1-10-14-12(21)6-5-7-13(14)24-15(10)16(22)19-11-8-20(9-11)17(23)25-18(2,3)4/h11H,5-9H2,1-4H3,(H,19,22). The maximum absolute atomic E-state index is 12.4. The van der Waals surface area contributed by atoms with Crippen molar-refractivity contribution < 1.29 is 23.5 Å². The van der Waals surface area contributed by atoms with Crippen molar-refractivity contribution in [2.24, 2.45) is 0 Å². The lowest BCUT2D eigenvalue weighted by molar-refractivity contribution is 0.00520. The lowest BCUT2D eigenvalue weighted by Crippen LogP contribution is -2.61. The summed E-state index contributed by atoms with van der Waals surface area (Å²) in [4.78, 5) is 37.9. The summed E-state index contributed by atoms with van der Waals surface area (Å²) in [5, 5.41) is 2.85. The molecule has 1 aromatic rings. The molecule has 0 radical (unpaired) electrons. The second-order valence-corrected chi connectivity index (χ2v) is 7.69. The first-order valence-electron chi connectivity index (χ1n) is 8.60. The third kappa shape index (κ3) is 3.55. The molecule has 2 aliphatic rings. The van der Waals surface area contributed by atoms with E-state index in [1.807, 2.05) is 20.8 Å². The van der Waals surface area contributed by atoms with Crippen molar-refractivity contribution in [3.63, 3.8) is 0 Å². The summed E-state index contributed by atoms with van der Waals surface area (Å²) in [5.41, 5.74) is 0.642. The number of rotatable bonds is 2. The number of ketones is 1. The molecule has 0 bridgehead atoms. The summed E-state index contributed by atoms with van der Waals surface area (Å²) in [6.07, 6.45) is 1.56. The smallest absolute Gasteiger partial charge is 0.410 e. The quantitative estimate of drug-likeness (QED) is 0.887. The van der Waals surface area contributed by atoms with Crippen molar-refractivity contribution in [1.29, 1.82) is 0 Å². The highest BCUT2D eigenvalue weighted by Gasteiger charge is 2.36. The van der Waals surface area contributed by atoms with Crippen LogP contribution >= 0.6 is 0 Å². The lowest BCUT2D eigenvalue weighted by Gasteiger charge is -2.39. The monoisotopic (exact) mass is 348 g/mol.